The largest absolute Gasteiger partial charge is 0.0776 e. The molecule has 0 unspecified atom stereocenters. The maximum absolute atomic E-state index is 2.45. The van der Waals surface area contributed by atoms with Gasteiger partial charge in [-0.1, -0.05) is 195 Å². The summed E-state index contributed by atoms with van der Waals surface area (Å²) in [6.45, 7) is 7.29. The van der Waals surface area contributed by atoms with Gasteiger partial charge >= 0.3 is 0 Å². The van der Waals surface area contributed by atoms with E-state index in [0.29, 0.717) is 0 Å². The monoisotopic (exact) mass is 654 g/mol. The zero-order valence-electron chi connectivity index (χ0n) is 28.7. The van der Waals surface area contributed by atoms with Gasteiger partial charge in [0.2, 0.25) is 0 Å². The molecule has 9 aromatic carbocycles. The summed E-state index contributed by atoms with van der Waals surface area (Å²) in [5.41, 5.74) is 10.2. The van der Waals surface area contributed by atoms with Gasteiger partial charge in [0.1, 0.15) is 0 Å². The molecule has 238 valence electrons. The van der Waals surface area contributed by atoms with E-state index in [1.807, 2.05) is 0 Å². The minimum Gasteiger partial charge on any atom is -0.0656 e. The molecule has 0 atom stereocenters. The van der Waals surface area contributed by atoms with Crippen LogP contribution in [0.4, 0.5) is 0 Å². The Morgan fingerprint density at radius 1 is 0.300 bits per heavy atom. The van der Waals surface area contributed by atoms with Crippen molar-refractivity contribution in [1.82, 2.24) is 0 Å². The van der Waals surface area contributed by atoms with Crippen LogP contribution in [0.5, 0.6) is 0 Å². The maximum atomic E-state index is 2.45. The van der Waals surface area contributed by atoms with E-state index in [9.17, 15) is 0 Å². The lowest BCUT2D eigenvalue weighted by atomic mass is 9.84. The van der Waals surface area contributed by atoms with E-state index >= 15 is 0 Å². The van der Waals surface area contributed by atoms with Crippen LogP contribution in [0.15, 0.2) is 176 Å². The number of rotatable bonds is 5. The van der Waals surface area contributed by atoms with Crippen molar-refractivity contribution < 1.29 is 0 Å². The van der Waals surface area contributed by atoms with Crippen LogP contribution in [0.2, 0.25) is 19.6 Å². The third-order valence-electron chi connectivity index (χ3n) is 10.4. The molecule has 0 aliphatic carbocycles. The first-order chi connectivity index (χ1) is 24.5. The van der Waals surface area contributed by atoms with E-state index in [-0.39, 0.29) is 0 Å². The summed E-state index contributed by atoms with van der Waals surface area (Å²) < 4.78 is 0. The van der Waals surface area contributed by atoms with Crippen LogP contribution >= 0.6 is 0 Å². The van der Waals surface area contributed by atoms with Crippen molar-refractivity contribution in [1.29, 1.82) is 0 Å². The summed E-state index contributed by atoms with van der Waals surface area (Å²) in [4.78, 5) is 0. The fraction of sp³-hybridized carbons (Fsp3) is 0.0612. The van der Waals surface area contributed by atoms with E-state index < -0.39 is 8.07 Å². The summed E-state index contributed by atoms with van der Waals surface area (Å²) in [6, 6.07) is 65.4. The highest BCUT2D eigenvalue weighted by atomic mass is 28.3. The van der Waals surface area contributed by atoms with Crippen molar-refractivity contribution in [3.05, 3.63) is 176 Å². The molecule has 0 aromatic heterocycles. The topological polar surface area (TPSA) is 0 Å². The fourth-order valence-corrected chi connectivity index (χ4v) is 9.15. The highest BCUT2D eigenvalue weighted by Gasteiger charge is 2.21. The van der Waals surface area contributed by atoms with Crippen molar-refractivity contribution in [2.24, 2.45) is 0 Å². The minimum absolute atomic E-state index is 1.24. The van der Waals surface area contributed by atoms with Gasteiger partial charge in [0, 0.05) is 0 Å². The van der Waals surface area contributed by atoms with Crippen LogP contribution in [-0.4, -0.2) is 8.07 Å². The zero-order chi connectivity index (χ0) is 33.8. The third-order valence-corrected chi connectivity index (χ3v) is 12.5. The maximum Gasteiger partial charge on any atom is 0.0776 e. The van der Waals surface area contributed by atoms with E-state index in [1.165, 1.54) is 92.8 Å². The molecule has 0 spiro atoms. The zero-order valence-corrected chi connectivity index (χ0v) is 29.7. The first-order valence-corrected chi connectivity index (χ1v) is 21.1. The van der Waals surface area contributed by atoms with Crippen LogP contribution in [0, 0.1) is 0 Å². The molecule has 9 aromatic rings. The van der Waals surface area contributed by atoms with Crippen molar-refractivity contribution in [2.45, 2.75) is 19.6 Å². The average Bonchev–Trinajstić information content (AvgIpc) is 3.16. The Kier molecular flexibility index (Phi) is 7.26. The molecule has 0 N–H and O–H groups in total. The Morgan fingerprint density at radius 2 is 0.720 bits per heavy atom. The highest BCUT2D eigenvalue weighted by Crippen LogP contribution is 2.45. The second kappa shape index (κ2) is 12.0. The molecule has 0 bridgehead atoms. The lowest BCUT2D eigenvalue weighted by molar-refractivity contribution is 1.62. The van der Waals surface area contributed by atoms with Crippen LogP contribution in [0.3, 0.4) is 0 Å². The second-order valence-electron chi connectivity index (χ2n) is 14.5. The normalized spacial score (nSPS) is 11.9. The smallest absolute Gasteiger partial charge is 0.0656 e. The van der Waals surface area contributed by atoms with E-state index in [4.69, 9.17) is 0 Å². The Hall–Kier alpha value is -5.76. The molecular weight excluding hydrogens is 617 g/mol. The predicted molar refractivity (Wildman–Crippen MR) is 221 cm³/mol. The fourth-order valence-electron chi connectivity index (χ4n) is 7.97. The van der Waals surface area contributed by atoms with Gasteiger partial charge in [-0.3, -0.25) is 0 Å². The number of hydrogen-bond donors (Lipinski definition) is 0. The molecule has 0 heterocycles. The van der Waals surface area contributed by atoms with E-state index in [1.54, 1.807) is 0 Å². The van der Waals surface area contributed by atoms with Crippen molar-refractivity contribution in [3.63, 3.8) is 0 Å². The van der Waals surface area contributed by atoms with Gasteiger partial charge < -0.3 is 0 Å². The minimum atomic E-state index is -1.50. The molecule has 0 nitrogen and oxygen atoms in total. The Bertz CT molecular complexity index is 2680. The number of fused-ring (bicyclic) bond motifs is 4. The molecule has 0 aliphatic heterocycles. The summed E-state index contributed by atoms with van der Waals surface area (Å²) in [7, 11) is -1.50. The van der Waals surface area contributed by atoms with Gasteiger partial charge in [-0.05, 0) is 93.7 Å². The number of hydrogen-bond acceptors (Lipinski definition) is 0. The molecule has 0 amide bonds. The lowest BCUT2D eigenvalue weighted by Gasteiger charge is -2.21. The van der Waals surface area contributed by atoms with Crippen LogP contribution < -0.4 is 5.19 Å². The lowest BCUT2D eigenvalue weighted by Crippen LogP contribution is -2.37. The standard InChI is InChI=1S/C49H38Si/c1-50(2,3)37-19-12-18-35(31-37)48-43-23-8-10-25-45(43)49(46-26-11-9-24-44(46)48)36-30-29-34-17-14-28-42(47(34)32-36)41-22-7-6-21-40(41)39-27-13-16-33-15-4-5-20-38(33)39/h4-32H,1-3H3. The summed E-state index contributed by atoms with van der Waals surface area (Å²) >= 11 is 0. The molecule has 0 saturated heterocycles. The van der Waals surface area contributed by atoms with E-state index in [2.05, 4.69) is 196 Å². The summed E-state index contributed by atoms with van der Waals surface area (Å²) in [5.74, 6) is 0. The molecule has 0 fully saturated rings. The molecule has 9 rings (SSSR count). The Labute approximate surface area is 295 Å². The molecule has 50 heavy (non-hydrogen) atoms. The number of benzene rings is 9. The van der Waals surface area contributed by atoms with Gasteiger partial charge in [0.05, 0.1) is 8.07 Å². The van der Waals surface area contributed by atoms with Gasteiger partial charge in [0.15, 0.2) is 0 Å². The van der Waals surface area contributed by atoms with Crippen LogP contribution in [0.25, 0.3) is 87.6 Å². The quantitative estimate of drug-likeness (QED) is 0.128. The SMILES string of the molecule is C[Si](C)(C)c1cccc(-c2c3ccccc3c(-c3ccc4cccc(-c5ccccc5-c5cccc6ccccc56)c4c3)c3ccccc23)c1. The van der Waals surface area contributed by atoms with Gasteiger partial charge in [-0.15, -0.1) is 0 Å². The molecule has 0 aliphatic rings. The van der Waals surface area contributed by atoms with Crippen LogP contribution in [-0.2, 0) is 0 Å². The first kappa shape index (κ1) is 30.3. The van der Waals surface area contributed by atoms with Crippen molar-refractivity contribution in [3.8, 4) is 44.5 Å². The summed E-state index contributed by atoms with van der Waals surface area (Å²) in [6.07, 6.45) is 0. The average molecular weight is 655 g/mol. The molecule has 1 heteroatoms. The van der Waals surface area contributed by atoms with Gasteiger partial charge in [-0.2, -0.15) is 0 Å². The summed E-state index contributed by atoms with van der Waals surface area (Å²) in [5, 5.41) is 11.7. The van der Waals surface area contributed by atoms with E-state index in [0.717, 1.165) is 0 Å². The first-order valence-electron chi connectivity index (χ1n) is 17.6. The van der Waals surface area contributed by atoms with Gasteiger partial charge in [0.25, 0.3) is 0 Å². The molecule has 0 saturated carbocycles. The third kappa shape index (κ3) is 5.05. The Balaban J connectivity index is 1.30. The predicted octanol–water partition coefficient (Wildman–Crippen LogP) is 13.5. The van der Waals surface area contributed by atoms with Crippen molar-refractivity contribution >= 4 is 56.4 Å². The molecular formula is C49H38Si. The van der Waals surface area contributed by atoms with Gasteiger partial charge in [-0.25, -0.2) is 0 Å². The Morgan fingerprint density at radius 3 is 1.30 bits per heavy atom. The second-order valence-corrected chi connectivity index (χ2v) is 19.6. The molecule has 0 radical (unpaired) electrons. The van der Waals surface area contributed by atoms with Crippen molar-refractivity contribution in [2.75, 3.05) is 0 Å². The van der Waals surface area contributed by atoms with Crippen LogP contribution in [0.1, 0.15) is 0 Å². The highest BCUT2D eigenvalue weighted by molar-refractivity contribution is 6.88.